The molecule has 70 valence electrons. The number of aliphatic carboxylic acids is 1. The molecule has 0 aliphatic heterocycles. The number of hydrogen-bond donors (Lipinski definition) is 3. The van der Waals surface area contributed by atoms with Crippen molar-refractivity contribution in [3.8, 4) is 0 Å². The van der Waals surface area contributed by atoms with Crippen LogP contribution in [0.15, 0.2) is 5.16 Å². The number of amidine groups is 1. The first-order chi connectivity index (χ1) is 5.54. The molecule has 5 N–H and O–H groups in total. The average molecular weight is 175 g/mol. The van der Waals surface area contributed by atoms with Crippen LogP contribution in [0.5, 0.6) is 0 Å². The van der Waals surface area contributed by atoms with E-state index < -0.39 is 12.0 Å². The Morgan fingerprint density at radius 2 is 2.33 bits per heavy atom. The minimum absolute atomic E-state index is 0.155. The smallest absolute Gasteiger partial charge is 0.320 e. The number of carboxylic acids is 1. The summed E-state index contributed by atoms with van der Waals surface area (Å²) in [6, 6.07) is -0.904. The van der Waals surface area contributed by atoms with Crippen molar-refractivity contribution in [3.63, 3.8) is 0 Å². The molecular weight excluding hydrogens is 162 g/mol. The van der Waals surface area contributed by atoms with E-state index in [1.54, 1.807) is 6.92 Å². The number of oxime groups is 1. The molecule has 6 nitrogen and oxygen atoms in total. The first kappa shape index (κ1) is 10.7. The number of nitrogens with two attached hydrogens (primary N) is 2. The molecule has 0 radical (unpaired) electrons. The van der Waals surface area contributed by atoms with Crippen molar-refractivity contribution in [3.05, 3.63) is 0 Å². The summed E-state index contributed by atoms with van der Waals surface area (Å²) in [6.45, 7) is 1.72. The zero-order valence-corrected chi connectivity index (χ0v) is 6.86. The van der Waals surface area contributed by atoms with Gasteiger partial charge in [0, 0.05) is 6.42 Å². The highest BCUT2D eigenvalue weighted by atomic mass is 16.6. The third-order valence-corrected chi connectivity index (χ3v) is 1.05. The molecule has 0 aliphatic rings. The van der Waals surface area contributed by atoms with Crippen LogP contribution >= 0.6 is 0 Å². The van der Waals surface area contributed by atoms with E-state index in [0.29, 0.717) is 5.84 Å². The molecule has 12 heavy (non-hydrogen) atoms. The van der Waals surface area contributed by atoms with Crippen LogP contribution in [0.4, 0.5) is 0 Å². The Labute approximate surface area is 70.2 Å². The minimum atomic E-state index is -1.05. The summed E-state index contributed by atoms with van der Waals surface area (Å²) in [4.78, 5) is 14.8. The maximum Gasteiger partial charge on any atom is 0.320 e. The number of hydrogen-bond acceptors (Lipinski definition) is 4. The summed E-state index contributed by atoms with van der Waals surface area (Å²) in [5.74, 6) is -0.758. The van der Waals surface area contributed by atoms with Gasteiger partial charge in [0.25, 0.3) is 0 Å². The van der Waals surface area contributed by atoms with Crippen LogP contribution in [0.2, 0.25) is 0 Å². The molecule has 0 bridgehead atoms. The highest BCUT2D eigenvalue weighted by Gasteiger charge is 2.10. The third-order valence-electron chi connectivity index (χ3n) is 1.05. The van der Waals surface area contributed by atoms with Crippen molar-refractivity contribution in [2.75, 3.05) is 6.61 Å². The van der Waals surface area contributed by atoms with Crippen LogP contribution < -0.4 is 11.5 Å². The molecule has 0 rings (SSSR count). The van der Waals surface area contributed by atoms with E-state index >= 15 is 0 Å². The van der Waals surface area contributed by atoms with Crippen molar-refractivity contribution in [2.24, 2.45) is 16.6 Å². The van der Waals surface area contributed by atoms with Gasteiger partial charge in [0.15, 0.2) is 0 Å². The summed E-state index contributed by atoms with van der Waals surface area (Å²) in [5.41, 5.74) is 10.3. The van der Waals surface area contributed by atoms with Crippen molar-refractivity contribution < 1.29 is 14.7 Å². The van der Waals surface area contributed by atoms with Crippen molar-refractivity contribution in [2.45, 2.75) is 19.4 Å². The zero-order chi connectivity index (χ0) is 9.56. The van der Waals surface area contributed by atoms with Crippen LogP contribution in [-0.2, 0) is 9.63 Å². The second-order valence-corrected chi connectivity index (χ2v) is 2.30. The molecule has 0 fully saturated rings. The van der Waals surface area contributed by atoms with Gasteiger partial charge in [-0.2, -0.15) is 0 Å². The Kier molecular flexibility index (Phi) is 4.78. The predicted molar refractivity (Wildman–Crippen MR) is 43.5 cm³/mol. The van der Waals surface area contributed by atoms with Gasteiger partial charge in [0.1, 0.15) is 18.5 Å². The lowest BCUT2D eigenvalue weighted by atomic mass is 10.2. The van der Waals surface area contributed by atoms with Crippen molar-refractivity contribution in [1.82, 2.24) is 0 Å². The maximum atomic E-state index is 10.2. The fraction of sp³-hybridized carbons (Fsp3) is 0.667. The molecule has 0 saturated heterocycles. The van der Waals surface area contributed by atoms with Gasteiger partial charge in [0.05, 0.1) is 0 Å². The highest BCUT2D eigenvalue weighted by Crippen LogP contribution is 1.89. The van der Waals surface area contributed by atoms with Crippen molar-refractivity contribution >= 4 is 11.8 Å². The Hall–Kier alpha value is -1.30. The molecule has 0 aromatic rings. The van der Waals surface area contributed by atoms with Crippen LogP contribution in [0.25, 0.3) is 0 Å². The monoisotopic (exact) mass is 175 g/mol. The normalized spacial score (nSPS) is 14.0. The maximum absolute atomic E-state index is 10.2. The van der Waals surface area contributed by atoms with E-state index in [1.807, 2.05) is 0 Å². The Balaban J connectivity index is 3.44. The largest absolute Gasteiger partial charge is 0.480 e. The second-order valence-electron chi connectivity index (χ2n) is 2.30. The van der Waals surface area contributed by atoms with E-state index in [0.717, 1.165) is 0 Å². The standard InChI is InChI=1S/C6H13N3O3/c1-4(7)9-12-3-2-5(8)6(10)11/h5H,2-3,8H2,1H3,(H2,7,9)(H,10,11)/t5-/m0/s1. The molecule has 0 aliphatic carbocycles. The first-order valence-electron chi connectivity index (χ1n) is 3.44. The van der Waals surface area contributed by atoms with Gasteiger partial charge in [-0.05, 0) is 6.92 Å². The third kappa shape index (κ3) is 5.48. The summed E-state index contributed by atoms with van der Waals surface area (Å²) in [6.07, 6.45) is 0.214. The van der Waals surface area contributed by atoms with E-state index in [1.165, 1.54) is 0 Å². The van der Waals surface area contributed by atoms with Gasteiger partial charge in [-0.15, -0.1) is 0 Å². The van der Waals surface area contributed by atoms with E-state index in [-0.39, 0.29) is 13.0 Å². The molecular formula is C6H13N3O3. The summed E-state index contributed by atoms with van der Waals surface area (Å²) < 4.78 is 0. The fourth-order valence-corrected chi connectivity index (χ4v) is 0.451. The fourth-order valence-electron chi connectivity index (χ4n) is 0.451. The average Bonchev–Trinajstić information content (AvgIpc) is 1.97. The number of nitrogens with zero attached hydrogens (tertiary/aromatic N) is 1. The molecule has 0 aromatic heterocycles. The quantitative estimate of drug-likeness (QED) is 0.217. The highest BCUT2D eigenvalue weighted by molar-refractivity contribution is 5.76. The molecule has 0 heterocycles. The SMILES string of the molecule is CC(N)=NOCC[C@H](N)C(=O)O. The van der Waals surface area contributed by atoms with Gasteiger partial charge in [-0.25, -0.2) is 0 Å². The first-order valence-corrected chi connectivity index (χ1v) is 3.44. The second kappa shape index (κ2) is 5.36. The summed E-state index contributed by atoms with van der Waals surface area (Å²) >= 11 is 0. The molecule has 0 aromatic carbocycles. The lowest BCUT2D eigenvalue weighted by molar-refractivity contribution is -0.139. The molecule has 0 unspecified atom stereocenters. The summed E-state index contributed by atoms with van der Waals surface area (Å²) in [7, 11) is 0. The van der Waals surface area contributed by atoms with Crippen LogP contribution in [0.3, 0.4) is 0 Å². The van der Waals surface area contributed by atoms with E-state index in [9.17, 15) is 4.79 Å². The Morgan fingerprint density at radius 1 is 1.75 bits per heavy atom. The van der Waals surface area contributed by atoms with Gasteiger partial charge in [-0.3, -0.25) is 4.79 Å². The predicted octanol–water partition coefficient (Wildman–Crippen LogP) is -0.903. The molecule has 0 spiro atoms. The Bertz CT molecular complexity index is 177. The minimum Gasteiger partial charge on any atom is -0.480 e. The van der Waals surface area contributed by atoms with Crippen LogP contribution in [0, 0.1) is 0 Å². The lowest BCUT2D eigenvalue weighted by Crippen LogP contribution is -2.31. The number of carbonyl (C=O) groups is 1. The molecule has 6 heteroatoms. The Morgan fingerprint density at radius 3 is 2.75 bits per heavy atom. The lowest BCUT2D eigenvalue weighted by Gasteiger charge is -2.03. The van der Waals surface area contributed by atoms with Gasteiger partial charge in [0.2, 0.25) is 0 Å². The van der Waals surface area contributed by atoms with E-state index in [4.69, 9.17) is 16.6 Å². The summed E-state index contributed by atoms with van der Waals surface area (Å²) in [5, 5.41) is 11.8. The van der Waals surface area contributed by atoms with Gasteiger partial charge < -0.3 is 21.4 Å². The molecule has 0 amide bonds. The number of rotatable bonds is 5. The van der Waals surface area contributed by atoms with Crippen molar-refractivity contribution in [1.29, 1.82) is 0 Å². The molecule has 0 saturated carbocycles. The van der Waals surface area contributed by atoms with Crippen LogP contribution in [0.1, 0.15) is 13.3 Å². The van der Waals surface area contributed by atoms with Crippen LogP contribution in [-0.4, -0.2) is 29.6 Å². The topological polar surface area (TPSA) is 111 Å². The molecule has 1 atom stereocenters. The van der Waals surface area contributed by atoms with Gasteiger partial charge >= 0.3 is 5.97 Å². The van der Waals surface area contributed by atoms with Gasteiger partial charge in [-0.1, -0.05) is 5.16 Å². The van der Waals surface area contributed by atoms with E-state index in [2.05, 4.69) is 9.99 Å². The number of carboxylic acid groups (broad SMARTS) is 1. The zero-order valence-electron chi connectivity index (χ0n) is 6.86.